The zero-order valence-electron chi connectivity index (χ0n) is 7.75. The highest BCUT2D eigenvalue weighted by molar-refractivity contribution is 5.78. The maximum atomic E-state index is 11.0. The summed E-state index contributed by atoms with van der Waals surface area (Å²) in [6.45, 7) is 0. The second kappa shape index (κ2) is 2.58. The lowest BCUT2D eigenvalue weighted by molar-refractivity contribution is -0.151. The van der Waals surface area contributed by atoms with Crippen molar-refractivity contribution in [2.75, 3.05) is 7.11 Å². The van der Waals surface area contributed by atoms with E-state index >= 15 is 0 Å². The summed E-state index contributed by atoms with van der Waals surface area (Å²) in [5, 5.41) is 9.08. The SMILES string of the molecule is COC12C=CC(C(=O)O)(CC1)CC2. The third-order valence-electron chi connectivity index (χ3n) is 3.53. The second-order valence-electron chi connectivity index (χ2n) is 4.06. The van der Waals surface area contributed by atoms with Crippen LogP contribution in [-0.2, 0) is 9.53 Å². The first-order chi connectivity index (χ1) is 6.13. The monoisotopic (exact) mass is 182 g/mol. The van der Waals surface area contributed by atoms with Crippen LogP contribution in [0.2, 0.25) is 0 Å². The summed E-state index contributed by atoms with van der Waals surface area (Å²) in [6, 6.07) is 0. The fourth-order valence-electron chi connectivity index (χ4n) is 2.32. The summed E-state index contributed by atoms with van der Waals surface area (Å²) in [5.74, 6) is -0.687. The van der Waals surface area contributed by atoms with E-state index in [9.17, 15) is 4.79 Å². The van der Waals surface area contributed by atoms with Crippen molar-refractivity contribution in [3.05, 3.63) is 12.2 Å². The smallest absolute Gasteiger partial charge is 0.313 e. The highest BCUT2D eigenvalue weighted by Crippen LogP contribution is 2.49. The predicted octanol–water partition coefficient (Wildman–Crippen LogP) is 1.59. The molecular formula is C10H14O3. The molecular weight excluding hydrogens is 168 g/mol. The Morgan fingerprint density at radius 3 is 2.23 bits per heavy atom. The van der Waals surface area contributed by atoms with Crippen LogP contribution in [0, 0.1) is 5.41 Å². The zero-order valence-corrected chi connectivity index (χ0v) is 7.75. The molecule has 13 heavy (non-hydrogen) atoms. The number of methoxy groups -OCH3 is 1. The Bertz CT molecular complexity index is 259. The molecule has 0 unspecified atom stereocenters. The van der Waals surface area contributed by atoms with Gasteiger partial charge in [-0.3, -0.25) is 4.79 Å². The molecule has 1 N–H and O–H groups in total. The summed E-state index contributed by atoms with van der Waals surface area (Å²) in [6.07, 6.45) is 6.87. The summed E-state index contributed by atoms with van der Waals surface area (Å²) in [7, 11) is 1.70. The lowest BCUT2D eigenvalue weighted by Gasteiger charge is -2.45. The fourth-order valence-corrected chi connectivity index (χ4v) is 2.32. The topological polar surface area (TPSA) is 46.5 Å². The lowest BCUT2D eigenvalue weighted by atomic mass is 9.63. The Labute approximate surface area is 77.4 Å². The van der Waals surface area contributed by atoms with E-state index in [0.29, 0.717) is 12.8 Å². The molecule has 0 radical (unpaired) electrons. The summed E-state index contributed by atoms with van der Waals surface area (Å²) in [5.41, 5.74) is -0.739. The molecule has 0 spiro atoms. The number of aliphatic carboxylic acids is 1. The van der Waals surface area contributed by atoms with E-state index in [4.69, 9.17) is 9.84 Å². The molecule has 0 heterocycles. The molecule has 2 bridgehead atoms. The van der Waals surface area contributed by atoms with Gasteiger partial charge in [0.2, 0.25) is 0 Å². The summed E-state index contributed by atoms with van der Waals surface area (Å²) < 4.78 is 5.41. The van der Waals surface area contributed by atoms with Gasteiger partial charge in [0.15, 0.2) is 0 Å². The molecule has 0 saturated heterocycles. The van der Waals surface area contributed by atoms with Crippen molar-refractivity contribution in [2.45, 2.75) is 31.3 Å². The highest BCUT2D eigenvalue weighted by atomic mass is 16.5. The van der Waals surface area contributed by atoms with E-state index in [1.54, 1.807) is 7.11 Å². The molecule has 0 aromatic heterocycles. The van der Waals surface area contributed by atoms with Crippen LogP contribution in [0.5, 0.6) is 0 Å². The quantitative estimate of drug-likeness (QED) is 0.659. The third-order valence-corrected chi connectivity index (χ3v) is 3.53. The second-order valence-corrected chi connectivity index (χ2v) is 4.06. The minimum Gasteiger partial charge on any atom is -0.481 e. The summed E-state index contributed by atoms with van der Waals surface area (Å²) >= 11 is 0. The number of hydrogen-bond acceptors (Lipinski definition) is 2. The van der Waals surface area contributed by atoms with Gasteiger partial charge in [-0.2, -0.15) is 0 Å². The van der Waals surface area contributed by atoms with Gasteiger partial charge >= 0.3 is 5.97 Å². The van der Waals surface area contributed by atoms with Gasteiger partial charge in [-0.25, -0.2) is 0 Å². The molecule has 72 valence electrons. The van der Waals surface area contributed by atoms with Crippen molar-refractivity contribution in [1.82, 2.24) is 0 Å². The highest BCUT2D eigenvalue weighted by Gasteiger charge is 2.49. The minimum absolute atomic E-state index is 0.156. The molecule has 1 saturated carbocycles. The van der Waals surface area contributed by atoms with Crippen molar-refractivity contribution in [3.8, 4) is 0 Å². The van der Waals surface area contributed by atoms with Gasteiger partial charge in [0.1, 0.15) is 0 Å². The van der Waals surface area contributed by atoms with E-state index in [2.05, 4.69) is 0 Å². The maximum Gasteiger partial charge on any atom is 0.313 e. The van der Waals surface area contributed by atoms with E-state index < -0.39 is 11.4 Å². The van der Waals surface area contributed by atoms with Gasteiger partial charge < -0.3 is 9.84 Å². The number of carbonyl (C=O) groups is 1. The normalized spacial score (nSPS) is 42.2. The Morgan fingerprint density at radius 1 is 1.31 bits per heavy atom. The van der Waals surface area contributed by atoms with Crippen molar-refractivity contribution >= 4 is 5.97 Å². The van der Waals surface area contributed by atoms with Crippen LogP contribution in [-0.4, -0.2) is 23.8 Å². The fraction of sp³-hybridized carbons (Fsp3) is 0.700. The zero-order chi connectivity index (χ0) is 9.53. The van der Waals surface area contributed by atoms with Crippen molar-refractivity contribution in [1.29, 1.82) is 0 Å². The molecule has 3 aliphatic carbocycles. The maximum absolute atomic E-state index is 11.0. The van der Waals surface area contributed by atoms with Gasteiger partial charge in [0.05, 0.1) is 11.0 Å². The first-order valence-corrected chi connectivity index (χ1v) is 4.62. The van der Waals surface area contributed by atoms with Gasteiger partial charge in [-0.1, -0.05) is 12.2 Å². The van der Waals surface area contributed by atoms with Crippen LogP contribution >= 0.6 is 0 Å². The third kappa shape index (κ3) is 1.10. The first kappa shape index (κ1) is 8.75. The molecule has 0 amide bonds. The van der Waals surface area contributed by atoms with Crippen LogP contribution in [0.3, 0.4) is 0 Å². The number of rotatable bonds is 2. The van der Waals surface area contributed by atoms with E-state index in [1.807, 2.05) is 12.2 Å². The van der Waals surface area contributed by atoms with Crippen molar-refractivity contribution < 1.29 is 14.6 Å². The molecule has 3 nitrogen and oxygen atoms in total. The average molecular weight is 182 g/mol. The van der Waals surface area contributed by atoms with Crippen LogP contribution < -0.4 is 0 Å². The molecule has 3 heteroatoms. The molecule has 0 atom stereocenters. The molecule has 3 rings (SSSR count). The molecule has 0 aromatic rings. The Morgan fingerprint density at radius 2 is 1.92 bits per heavy atom. The van der Waals surface area contributed by atoms with Crippen LogP contribution in [0.25, 0.3) is 0 Å². The molecule has 0 aromatic carbocycles. The molecule has 1 fully saturated rings. The van der Waals surface area contributed by atoms with Gasteiger partial charge in [0, 0.05) is 7.11 Å². The molecule has 3 aliphatic rings. The predicted molar refractivity (Wildman–Crippen MR) is 47.4 cm³/mol. The largest absolute Gasteiger partial charge is 0.481 e. The van der Waals surface area contributed by atoms with Crippen LogP contribution in [0.1, 0.15) is 25.7 Å². The van der Waals surface area contributed by atoms with Crippen molar-refractivity contribution in [3.63, 3.8) is 0 Å². The van der Waals surface area contributed by atoms with Crippen molar-refractivity contribution in [2.24, 2.45) is 5.41 Å². The van der Waals surface area contributed by atoms with Gasteiger partial charge in [-0.05, 0) is 25.7 Å². The number of carboxylic acids is 1. The van der Waals surface area contributed by atoms with Crippen LogP contribution in [0.15, 0.2) is 12.2 Å². The number of fused-ring (bicyclic) bond motifs is 2. The summed E-state index contributed by atoms with van der Waals surface area (Å²) in [4.78, 5) is 11.0. The lowest BCUT2D eigenvalue weighted by Crippen LogP contribution is -2.46. The van der Waals surface area contributed by atoms with E-state index in [-0.39, 0.29) is 5.60 Å². The number of ether oxygens (including phenoxy) is 1. The minimum atomic E-state index is -0.687. The Hall–Kier alpha value is -0.830. The molecule has 0 aliphatic heterocycles. The van der Waals surface area contributed by atoms with Gasteiger partial charge in [-0.15, -0.1) is 0 Å². The van der Waals surface area contributed by atoms with E-state index in [0.717, 1.165) is 12.8 Å². The standard InChI is InChI=1S/C10H14O3/c1-13-10-5-2-9(3-6-10,4-7-10)8(11)12/h2,5H,3-4,6-7H2,1H3,(H,11,12). The van der Waals surface area contributed by atoms with E-state index in [1.165, 1.54) is 0 Å². The van der Waals surface area contributed by atoms with Gasteiger partial charge in [0.25, 0.3) is 0 Å². The number of carboxylic acid groups (broad SMARTS) is 1. The van der Waals surface area contributed by atoms with Crippen LogP contribution in [0.4, 0.5) is 0 Å². The number of hydrogen-bond donors (Lipinski definition) is 1. The first-order valence-electron chi connectivity index (χ1n) is 4.62. The Balaban J connectivity index is 2.30. The average Bonchev–Trinajstić information content (AvgIpc) is 2.20. The Kier molecular flexibility index (Phi) is 1.74.